The average molecular weight is 247 g/mol. The Morgan fingerprint density at radius 3 is 2.44 bits per heavy atom. The SMILES string of the molecule is Cc1ccc(C)c(C(C)(O)C2(CN)CCCC2)c1. The smallest absolute Gasteiger partial charge is 0.0939 e. The lowest BCUT2D eigenvalue weighted by Gasteiger charge is -2.43. The van der Waals surface area contributed by atoms with Crippen molar-refractivity contribution in [3.63, 3.8) is 0 Å². The van der Waals surface area contributed by atoms with Crippen molar-refractivity contribution in [3.05, 3.63) is 34.9 Å². The van der Waals surface area contributed by atoms with Crippen LogP contribution in [0.4, 0.5) is 0 Å². The Labute approximate surface area is 110 Å². The van der Waals surface area contributed by atoms with Crippen LogP contribution < -0.4 is 5.73 Å². The second kappa shape index (κ2) is 4.67. The molecule has 0 bridgehead atoms. The third kappa shape index (κ3) is 1.98. The lowest BCUT2D eigenvalue weighted by Crippen LogP contribution is -2.47. The second-order valence-corrected chi connectivity index (χ2v) is 6.08. The van der Waals surface area contributed by atoms with E-state index in [2.05, 4.69) is 32.0 Å². The molecule has 2 nitrogen and oxygen atoms in total. The number of hydrogen-bond donors (Lipinski definition) is 2. The summed E-state index contributed by atoms with van der Waals surface area (Å²) in [6, 6.07) is 6.31. The van der Waals surface area contributed by atoms with Crippen molar-refractivity contribution in [2.75, 3.05) is 6.54 Å². The zero-order valence-electron chi connectivity index (χ0n) is 11.8. The topological polar surface area (TPSA) is 46.2 Å². The van der Waals surface area contributed by atoms with E-state index in [4.69, 9.17) is 5.73 Å². The maximum absolute atomic E-state index is 11.2. The number of hydrogen-bond acceptors (Lipinski definition) is 2. The van der Waals surface area contributed by atoms with Gasteiger partial charge in [0.15, 0.2) is 0 Å². The molecule has 0 aliphatic heterocycles. The Bertz CT molecular complexity index is 431. The number of aliphatic hydroxyl groups is 1. The highest BCUT2D eigenvalue weighted by molar-refractivity contribution is 5.36. The summed E-state index contributed by atoms with van der Waals surface area (Å²) in [5.41, 5.74) is 8.45. The lowest BCUT2D eigenvalue weighted by molar-refractivity contribution is -0.0698. The second-order valence-electron chi connectivity index (χ2n) is 6.08. The summed E-state index contributed by atoms with van der Waals surface area (Å²) < 4.78 is 0. The third-order valence-corrected chi connectivity index (χ3v) is 4.90. The minimum absolute atomic E-state index is 0.147. The van der Waals surface area contributed by atoms with Gasteiger partial charge < -0.3 is 10.8 Å². The molecule has 1 fully saturated rings. The van der Waals surface area contributed by atoms with Gasteiger partial charge in [-0.25, -0.2) is 0 Å². The lowest BCUT2D eigenvalue weighted by atomic mass is 9.67. The summed E-state index contributed by atoms with van der Waals surface area (Å²) in [6.45, 7) is 6.66. The van der Waals surface area contributed by atoms with Crippen molar-refractivity contribution in [2.24, 2.45) is 11.1 Å². The largest absolute Gasteiger partial charge is 0.385 e. The fourth-order valence-corrected chi connectivity index (χ4v) is 3.49. The van der Waals surface area contributed by atoms with Gasteiger partial charge in [0, 0.05) is 12.0 Å². The van der Waals surface area contributed by atoms with E-state index in [0.29, 0.717) is 6.54 Å². The Kier molecular flexibility index (Phi) is 3.52. The van der Waals surface area contributed by atoms with Gasteiger partial charge in [0.25, 0.3) is 0 Å². The molecule has 1 unspecified atom stereocenters. The molecular formula is C16H25NO. The van der Waals surface area contributed by atoms with Gasteiger partial charge in [-0.1, -0.05) is 36.6 Å². The van der Waals surface area contributed by atoms with Crippen LogP contribution >= 0.6 is 0 Å². The molecule has 1 aromatic carbocycles. The van der Waals surface area contributed by atoms with E-state index in [9.17, 15) is 5.11 Å². The Hall–Kier alpha value is -0.860. The van der Waals surface area contributed by atoms with Crippen LogP contribution in [-0.2, 0) is 5.60 Å². The van der Waals surface area contributed by atoms with E-state index >= 15 is 0 Å². The zero-order valence-corrected chi connectivity index (χ0v) is 11.8. The molecule has 0 aromatic heterocycles. The number of nitrogens with two attached hydrogens (primary N) is 1. The van der Waals surface area contributed by atoms with Crippen LogP contribution in [-0.4, -0.2) is 11.7 Å². The summed E-state index contributed by atoms with van der Waals surface area (Å²) in [7, 11) is 0. The van der Waals surface area contributed by atoms with E-state index in [1.165, 1.54) is 18.4 Å². The molecule has 1 aliphatic rings. The molecule has 0 radical (unpaired) electrons. The van der Waals surface area contributed by atoms with Gasteiger partial charge in [0.1, 0.15) is 0 Å². The number of rotatable bonds is 3. The molecule has 2 rings (SSSR count). The fraction of sp³-hybridized carbons (Fsp3) is 0.625. The zero-order chi connectivity index (χ0) is 13.4. The molecule has 2 heteroatoms. The molecular weight excluding hydrogens is 222 g/mol. The molecule has 1 aliphatic carbocycles. The summed E-state index contributed by atoms with van der Waals surface area (Å²) in [5.74, 6) is 0. The third-order valence-electron chi connectivity index (χ3n) is 4.90. The number of benzene rings is 1. The average Bonchev–Trinajstić information content (AvgIpc) is 2.82. The molecule has 1 aromatic rings. The quantitative estimate of drug-likeness (QED) is 0.862. The van der Waals surface area contributed by atoms with Crippen LogP contribution in [0.15, 0.2) is 18.2 Å². The first-order chi connectivity index (χ1) is 8.43. The molecule has 0 saturated heterocycles. The van der Waals surface area contributed by atoms with Gasteiger partial charge in [-0.3, -0.25) is 0 Å². The minimum Gasteiger partial charge on any atom is -0.385 e. The monoisotopic (exact) mass is 247 g/mol. The van der Waals surface area contributed by atoms with E-state index in [-0.39, 0.29) is 5.41 Å². The molecule has 100 valence electrons. The highest BCUT2D eigenvalue weighted by atomic mass is 16.3. The summed E-state index contributed by atoms with van der Waals surface area (Å²) in [5, 5.41) is 11.2. The van der Waals surface area contributed by atoms with Crippen LogP contribution in [0.2, 0.25) is 0 Å². The fourth-order valence-electron chi connectivity index (χ4n) is 3.49. The highest BCUT2D eigenvalue weighted by Gasteiger charge is 2.49. The van der Waals surface area contributed by atoms with Gasteiger partial charge in [-0.15, -0.1) is 0 Å². The molecule has 0 spiro atoms. The highest BCUT2D eigenvalue weighted by Crippen LogP contribution is 2.51. The number of aryl methyl sites for hydroxylation is 2. The van der Waals surface area contributed by atoms with Crippen molar-refractivity contribution in [3.8, 4) is 0 Å². The first-order valence-electron chi connectivity index (χ1n) is 6.93. The van der Waals surface area contributed by atoms with Crippen LogP contribution in [0.25, 0.3) is 0 Å². The van der Waals surface area contributed by atoms with E-state index in [0.717, 1.165) is 24.0 Å². The Morgan fingerprint density at radius 2 is 1.89 bits per heavy atom. The van der Waals surface area contributed by atoms with Crippen LogP contribution in [0.1, 0.15) is 49.3 Å². The standard InChI is InChI=1S/C16H25NO/c1-12-6-7-13(2)14(10-12)15(3,18)16(11-17)8-4-5-9-16/h6-7,10,18H,4-5,8-9,11,17H2,1-3H3. The van der Waals surface area contributed by atoms with Crippen LogP contribution in [0.3, 0.4) is 0 Å². The maximum atomic E-state index is 11.2. The molecule has 0 amide bonds. The van der Waals surface area contributed by atoms with Gasteiger partial charge in [-0.05, 0) is 44.7 Å². The predicted molar refractivity (Wildman–Crippen MR) is 75.4 cm³/mol. The Morgan fingerprint density at radius 1 is 1.28 bits per heavy atom. The van der Waals surface area contributed by atoms with Crippen LogP contribution in [0, 0.1) is 19.3 Å². The molecule has 3 N–H and O–H groups in total. The van der Waals surface area contributed by atoms with Crippen molar-refractivity contribution in [2.45, 2.75) is 52.1 Å². The molecule has 0 heterocycles. The van der Waals surface area contributed by atoms with Crippen molar-refractivity contribution < 1.29 is 5.11 Å². The van der Waals surface area contributed by atoms with Crippen molar-refractivity contribution in [1.29, 1.82) is 0 Å². The van der Waals surface area contributed by atoms with Gasteiger partial charge >= 0.3 is 0 Å². The molecule has 18 heavy (non-hydrogen) atoms. The van der Waals surface area contributed by atoms with Gasteiger partial charge in [0.05, 0.1) is 5.60 Å². The predicted octanol–water partition coefficient (Wildman–Crippen LogP) is 3.03. The molecule has 1 saturated carbocycles. The van der Waals surface area contributed by atoms with Gasteiger partial charge in [0.2, 0.25) is 0 Å². The van der Waals surface area contributed by atoms with E-state index in [1.54, 1.807) is 0 Å². The van der Waals surface area contributed by atoms with Crippen LogP contribution in [0.5, 0.6) is 0 Å². The summed E-state index contributed by atoms with van der Waals surface area (Å²) >= 11 is 0. The van der Waals surface area contributed by atoms with E-state index in [1.807, 2.05) is 6.92 Å². The first kappa shape index (κ1) is 13.6. The molecule has 1 atom stereocenters. The van der Waals surface area contributed by atoms with Gasteiger partial charge in [-0.2, -0.15) is 0 Å². The maximum Gasteiger partial charge on any atom is 0.0939 e. The van der Waals surface area contributed by atoms with Crippen molar-refractivity contribution >= 4 is 0 Å². The minimum atomic E-state index is -0.825. The normalized spacial score (nSPS) is 21.8. The summed E-state index contributed by atoms with van der Waals surface area (Å²) in [4.78, 5) is 0. The first-order valence-corrected chi connectivity index (χ1v) is 6.93. The Balaban J connectivity index is 2.49. The van der Waals surface area contributed by atoms with Crippen molar-refractivity contribution in [1.82, 2.24) is 0 Å². The summed E-state index contributed by atoms with van der Waals surface area (Å²) in [6.07, 6.45) is 4.42. The van der Waals surface area contributed by atoms with E-state index < -0.39 is 5.60 Å².